The summed E-state index contributed by atoms with van der Waals surface area (Å²) in [6, 6.07) is 16.5. The smallest absolute Gasteiger partial charge is 0.277 e. The van der Waals surface area contributed by atoms with Gasteiger partial charge in [0.15, 0.2) is 5.78 Å². The summed E-state index contributed by atoms with van der Waals surface area (Å²) in [4.78, 5) is 46.4. The van der Waals surface area contributed by atoms with Crippen LogP contribution in [0.4, 0.5) is 5.69 Å². The third kappa shape index (κ3) is 4.20. The van der Waals surface area contributed by atoms with E-state index in [0.717, 1.165) is 11.1 Å². The Kier molecular flexibility index (Phi) is 5.97. The zero-order valence-corrected chi connectivity index (χ0v) is 17.2. The number of carbonyl (C=O) groups excluding carboxylic acids is 4. The third-order valence-electron chi connectivity index (χ3n) is 4.93. The summed E-state index contributed by atoms with van der Waals surface area (Å²) in [6.45, 7) is 7.14. The summed E-state index contributed by atoms with van der Waals surface area (Å²) in [5.74, 6) is -1.40. The number of Topliss-reactive ketones (excluding diaryl/α,β-unsaturated/α-hetero) is 1. The van der Waals surface area contributed by atoms with Crippen molar-refractivity contribution in [2.24, 2.45) is 0 Å². The Balaban J connectivity index is 0.000000229. The summed E-state index contributed by atoms with van der Waals surface area (Å²) in [7, 11) is 3.05. The molecule has 1 aliphatic heterocycles. The van der Waals surface area contributed by atoms with Gasteiger partial charge in [-0.3, -0.25) is 29.2 Å². The number of hydrogen-bond acceptors (Lipinski definition) is 4. The maximum atomic E-state index is 12.3. The summed E-state index contributed by atoms with van der Waals surface area (Å²) >= 11 is 0. The Bertz CT molecular complexity index is 1130. The van der Waals surface area contributed by atoms with Crippen LogP contribution in [0.25, 0.3) is 11.6 Å². The molecule has 2 aliphatic rings. The summed E-state index contributed by atoms with van der Waals surface area (Å²) in [5, 5.41) is 5.18. The zero-order valence-electron chi connectivity index (χ0n) is 17.2. The van der Waals surface area contributed by atoms with Crippen LogP contribution in [-0.2, 0) is 19.2 Å². The number of hydrazine groups is 1. The number of rotatable bonds is 2. The molecule has 0 radical (unpaired) electrons. The largest absolute Gasteiger partial charge is 0.322 e. The van der Waals surface area contributed by atoms with E-state index in [1.807, 2.05) is 42.5 Å². The van der Waals surface area contributed by atoms with Crippen molar-refractivity contribution in [2.75, 3.05) is 19.4 Å². The minimum Gasteiger partial charge on any atom is -0.322 e. The van der Waals surface area contributed by atoms with E-state index in [9.17, 15) is 19.2 Å². The molecule has 156 valence electrons. The molecule has 1 saturated heterocycles. The Hall–Kier alpha value is -4.26. The lowest BCUT2D eigenvalue weighted by Gasteiger charge is -2.17. The Labute approximate surface area is 179 Å². The number of amides is 3. The predicted octanol–water partition coefficient (Wildman–Crippen LogP) is 2.69. The van der Waals surface area contributed by atoms with Gasteiger partial charge in [-0.2, -0.15) is 0 Å². The number of likely N-dealkylation sites (N-methyl/N-ethyl adjacent to an activating group) is 2. The molecule has 1 N–H and O–H groups in total. The van der Waals surface area contributed by atoms with Gasteiger partial charge >= 0.3 is 0 Å². The average molecular weight is 415 g/mol. The monoisotopic (exact) mass is 415 g/mol. The Morgan fingerprint density at radius 1 is 0.806 bits per heavy atom. The van der Waals surface area contributed by atoms with E-state index in [1.54, 1.807) is 18.2 Å². The van der Waals surface area contributed by atoms with Gasteiger partial charge in [-0.15, -0.1) is 0 Å². The molecular formula is C24H21N3O4. The molecule has 0 bridgehead atoms. The van der Waals surface area contributed by atoms with Crippen LogP contribution in [0.15, 0.2) is 78.9 Å². The first kappa shape index (κ1) is 21.4. The van der Waals surface area contributed by atoms with Gasteiger partial charge in [0.2, 0.25) is 0 Å². The quantitative estimate of drug-likeness (QED) is 0.604. The number of nitrogens with one attached hydrogen (secondary N) is 1. The molecule has 2 aromatic carbocycles. The van der Waals surface area contributed by atoms with E-state index >= 15 is 0 Å². The van der Waals surface area contributed by atoms with Crippen LogP contribution in [0.2, 0.25) is 0 Å². The maximum absolute atomic E-state index is 12.3. The second-order valence-corrected chi connectivity index (χ2v) is 6.91. The second kappa shape index (κ2) is 8.62. The molecule has 1 fully saturated rings. The van der Waals surface area contributed by atoms with Crippen molar-refractivity contribution < 1.29 is 19.2 Å². The van der Waals surface area contributed by atoms with E-state index < -0.39 is 5.91 Å². The van der Waals surface area contributed by atoms with Crippen LogP contribution in [0.3, 0.4) is 0 Å². The number of fused-ring (bicyclic) bond motifs is 1. The first-order chi connectivity index (χ1) is 14.7. The number of nitrogens with zero attached hydrogens (tertiary/aromatic N) is 2. The molecule has 0 aromatic heterocycles. The van der Waals surface area contributed by atoms with Crippen molar-refractivity contribution >= 4 is 40.8 Å². The molecule has 0 unspecified atom stereocenters. The van der Waals surface area contributed by atoms with Gasteiger partial charge in [-0.05, 0) is 29.3 Å². The van der Waals surface area contributed by atoms with Crippen LogP contribution in [0.5, 0.6) is 0 Å². The molecule has 0 atom stereocenters. The topological polar surface area (TPSA) is 86.8 Å². The maximum Gasteiger partial charge on any atom is 0.277 e. The van der Waals surface area contributed by atoms with Gasteiger partial charge in [0, 0.05) is 25.4 Å². The lowest BCUT2D eigenvalue weighted by Crippen LogP contribution is -2.33. The number of allylic oxidation sites excluding steroid dienone is 1. The van der Waals surface area contributed by atoms with E-state index in [-0.39, 0.29) is 28.7 Å². The molecule has 2 aromatic rings. The molecule has 3 amide bonds. The summed E-state index contributed by atoms with van der Waals surface area (Å²) in [5.41, 5.74) is 2.76. The van der Waals surface area contributed by atoms with Crippen LogP contribution >= 0.6 is 0 Å². The second-order valence-electron chi connectivity index (χ2n) is 6.91. The van der Waals surface area contributed by atoms with Crippen molar-refractivity contribution in [3.8, 4) is 0 Å². The fourth-order valence-electron chi connectivity index (χ4n) is 3.05. The van der Waals surface area contributed by atoms with E-state index in [2.05, 4.69) is 18.5 Å². The third-order valence-corrected chi connectivity index (χ3v) is 4.93. The lowest BCUT2D eigenvalue weighted by atomic mass is 9.87. The molecule has 0 saturated carbocycles. The number of carbonyl (C=O) groups is 4. The summed E-state index contributed by atoms with van der Waals surface area (Å²) in [6.07, 6.45) is 1.62. The highest BCUT2D eigenvalue weighted by atomic mass is 16.2. The summed E-state index contributed by atoms with van der Waals surface area (Å²) < 4.78 is 0. The minimum absolute atomic E-state index is 0.0324. The molecule has 0 spiro atoms. The van der Waals surface area contributed by atoms with Crippen molar-refractivity contribution in [2.45, 2.75) is 0 Å². The van der Waals surface area contributed by atoms with Gasteiger partial charge in [-0.1, -0.05) is 55.6 Å². The number of anilines is 1. The normalized spacial score (nSPS) is 15.3. The van der Waals surface area contributed by atoms with Gasteiger partial charge < -0.3 is 5.32 Å². The van der Waals surface area contributed by atoms with Crippen molar-refractivity contribution in [3.05, 3.63) is 90.0 Å². The van der Waals surface area contributed by atoms with E-state index in [4.69, 9.17) is 0 Å². The van der Waals surface area contributed by atoms with E-state index in [0.29, 0.717) is 11.3 Å². The predicted molar refractivity (Wildman–Crippen MR) is 118 cm³/mol. The van der Waals surface area contributed by atoms with Crippen LogP contribution in [-0.4, -0.2) is 47.6 Å². The SMILES string of the molecule is C=C1C(=O)C(C(=O)Nc2ccccc2)=Cc2ccccc21.C=C1C(=O)N(C)N(C)C1=O. The molecular weight excluding hydrogens is 394 g/mol. The highest BCUT2D eigenvalue weighted by Crippen LogP contribution is 2.29. The Morgan fingerprint density at radius 2 is 1.35 bits per heavy atom. The molecule has 4 rings (SSSR count). The highest BCUT2D eigenvalue weighted by molar-refractivity contribution is 6.42. The fraction of sp³-hybridized carbons (Fsp3) is 0.0833. The van der Waals surface area contributed by atoms with Gasteiger partial charge in [0.05, 0.1) is 5.57 Å². The lowest BCUT2D eigenvalue weighted by molar-refractivity contribution is -0.141. The molecule has 31 heavy (non-hydrogen) atoms. The van der Waals surface area contributed by atoms with Crippen molar-refractivity contribution in [3.63, 3.8) is 0 Å². The standard InChI is InChI=1S/C18H13NO2.C6H8N2O2/c1-12-15-10-6-5-7-13(15)11-16(17(12)20)18(21)19-14-8-3-2-4-9-14;1-4-5(9)7(2)8(3)6(4)10/h2-11H,1H2,(H,19,21);1H2,2-3H3. The number of benzene rings is 2. The molecule has 7 nitrogen and oxygen atoms in total. The van der Waals surface area contributed by atoms with Crippen LogP contribution in [0, 0.1) is 0 Å². The van der Waals surface area contributed by atoms with Crippen LogP contribution in [0.1, 0.15) is 11.1 Å². The van der Waals surface area contributed by atoms with Crippen molar-refractivity contribution in [1.82, 2.24) is 10.0 Å². The van der Waals surface area contributed by atoms with E-state index in [1.165, 1.54) is 24.1 Å². The van der Waals surface area contributed by atoms with Gasteiger partial charge in [0.1, 0.15) is 5.57 Å². The minimum atomic E-state index is -0.415. The first-order valence-electron chi connectivity index (χ1n) is 9.38. The number of para-hydroxylation sites is 1. The molecule has 1 aliphatic carbocycles. The number of ketones is 1. The Morgan fingerprint density at radius 3 is 1.90 bits per heavy atom. The molecule has 1 heterocycles. The zero-order chi connectivity index (χ0) is 22.7. The van der Waals surface area contributed by atoms with Crippen LogP contribution < -0.4 is 5.32 Å². The fourth-order valence-corrected chi connectivity index (χ4v) is 3.05. The van der Waals surface area contributed by atoms with Gasteiger partial charge in [-0.25, -0.2) is 0 Å². The molecule has 7 heteroatoms. The average Bonchev–Trinajstić information content (AvgIpc) is 2.95. The number of hydrogen-bond donors (Lipinski definition) is 1. The van der Waals surface area contributed by atoms with Gasteiger partial charge in [0.25, 0.3) is 17.7 Å². The van der Waals surface area contributed by atoms with Crippen molar-refractivity contribution in [1.29, 1.82) is 0 Å². The highest BCUT2D eigenvalue weighted by Gasteiger charge is 2.34. The first-order valence-corrected chi connectivity index (χ1v) is 9.38.